The summed E-state index contributed by atoms with van der Waals surface area (Å²) in [6, 6.07) is 5.09. The molecule has 1 aromatic rings. The Hall–Kier alpha value is -1.62. The molecule has 1 aliphatic rings. The third-order valence-corrected chi connectivity index (χ3v) is 5.43. The molecule has 0 spiro atoms. The van der Waals surface area contributed by atoms with E-state index < -0.39 is 0 Å². The average molecular weight is 379 g/mol. The molecule has 0 unspecified atom stereocenters. The van der Waals surface area contributed by atoms with Gasteiger partial charge in [0.25, 0.3) is 0 Å². The van der Waals surface area contributed by atoms with E-state index in [1.807, 2.05) is 6.07 Å². The number of nitrogens with zero attached hydrogens (tertiary/aromatic N) is 1. The van der Waals surface area contributed by atoms with Crippen molar-refractivity contribution in [2.75, 3.05) is 26.2 Å². The van der Waals surface area contributed by atoms with Crippen molar-refractivity contribution in [1.29, 1.82) is 0 Å². The zero-order valence-corrected chi connectivity index (χ0v) is 17.3. The van der Waals surface area contributed by atoms with Gasteiger partial charge in [-0.05, 0) is 24.3 Å². The zero-order valence-electron chi connectivity index (χ0n) is 17.3. The molecule has 5 heteroatoms. The highest BCUT2D eigenvalue weighted by Gasteiger charge is 2.32. The highest BCUT2D eigenvalue weighted by atomic mass is 19.1. The van der Waals surface area contributed by atoms with E-state index in [9.17, 15) is 9.18 Å². The Morgan fingerprint density at radius 2 is 2.00 bits per heavy atom. The van der Waals surface area contributed by atoms with Crippen molar-refractivity contribution in [2.45, 2.75) is 53.5 Å². The Bertz CT molecular complexity index is 596. The molecular weight excluding hydrogens is 343 g/mol. The van der Waals surface area contributed by atoms with E-state index in [4.69, 9.17) is 4.74 Å². The first-order valence-electron chi connectivity index (χ1n) is 10.3. The average Bonchev–Trinajstić information content (AvgIpc) is 2.59. The lowest BCUT2D eigenvalue weighted by molar-refractivity contribution is -0.130. The SMILES string of the molecule is CCC(CC)CNC(=O)C1CN(Cc2ccc(OCCC(C)C)cc2F)C1. The van der Waals surface area contributed by atoms with Crippen LogP contribution < -0.4 is 10.1 Å². The number of ether oxygens (including phenoxy) is 1. The van der Waals surface area contributed by atoms with Crippen molar-refractivity contribution in [3.05, 3.63) is 29.6 Å². The van der Waals surface area contributed by atoms with Crippen LogP contribution >= 0.6 is 0 Å². The van der Waals surface area contributed by atoms with Crippen molar-refractivity contribution in [2.24, 2.45) is 17.8 Å². The van der Waals surface area contributed by atoms with Crippen LogP contribution in [0.3, 0.4) is 0 Å². The smallest absolute Gasteiger partial charge is 0.225 e. The van der Waals surface area contributed by atoms with Gasteiger partial charge < -0.3 is 10.1 Å². The topological polar surface area (TPSA) is 41.6 Å². The molecular formula is C22H35FN2O2. The molecule has 0 radical (unpaired) electrons. The van der Waals surface area contributed by atoms with Gasteiger partial charge in [-0.3, -0.25) is 9.69 Å². The second kappa shape index (κ2) is 10.6. The molecule has 27 heavy (non-hydrogen) atoms. The van der Waals surface area contributed by atoms with Gasteiger partial charge in [-0.15, -0.1) is 0 Å². The van der Waals surface area contributed by atoms with Gasteiger partial charge in [-0.1, -0.05) is 46.6 Å². The summed E-state index contributed by atoms with van der Waals surface area (Å²) in [7, 11) is 0. The lowest BCUT2D eigenvalue weighted by Crippen LogP contribution is -2.53. The molecule has 1 N–H and O–H groups in total. The first-order valence-corrected chi connectivity index (χ1v) is 10.3. The normalized spacial score (nSPS) is 15.2. The minimum atomic E-state index is -0.237. The lowest BCUT2D eigenvalue weighted by atomic mass is 9.97. The van der Waals surface area contributed by atoms with E-state index in [-0.39, 0.29) is 17.6 Å². The third-order valence-electron chi connectivity index (χ3n) is 5.43. The second-order valence-corrected chi connectivity index (χ2v) is 8.10. The molecule has 152 valence electrons. The summed E-state index contributed by atoms with van der Waals surface area (Å²) >= 11 is 0. The lowest BCUT2D eigenvalue weighted by Gasteiger charge is -2.38. The molecule has 1 saturated heterocycles. The number of likely N-dealkylation sites (tertiary alicyclic amines) is 1. The maximum atomic E-state index is 14.3. The van der Waals surface area contributed by atoms with E-state index in [2.05, 4.69) is 37.9 Å². The fourth-order valence-corrected chi connectivity index (χ4v) is 3.23. The predicted molar refractivity (Wildman–Crippen MR) is 107 cm³/mol. The molecule has 0 aliphatic carbocycles. The highest BCUT2D eigenvalue weighted by Crippen LogP contribution is 2.23. The molecule has 1 aromatic carbocycles. The highest BCUT2D eigenvalue weighted by molar-refractivity contribution is 5.80. The summed E-state index contributed by atoms with van der Waals surface area (Å²) in [6.45, 7) is 11.9. The van der Waals surface area contributed by atoms with Gasteiger partial charge in [0.1, 0.15) is 11.6 Å². The van der Waals surface area contributed by atoms with Crippen LogP contribution in [-0.4, -0.2) is 37.0 Å². The fraction of sp³-hybridized carbons (Fsp3) is 0.682. The Labute approximate surface area is 163 Å². The van der Waals surface area contributed by atoms with Gasteiger partial charge in [-0.25, -0.2) is 4.39 Å². The van der Waals surface area contributed by atoms with E-state index in [1.165, 1.54) is 6.07 Å². The van der Waals surface area contributed by atoms with Crippen LogP contribution in [-0.2, 0) is 11.3 Å². The summed E-state index contributed by atoms with van der Waals surface area (Å²) in [5, 5.41) is 3.06. The number of carbonyl (C=O) groups excluding carboxylic acids is 1. The minimum absolute atomic E-state index is 0.0288. The van der Waals surface area contributed by atoms with Crippen molar-refractivity contribution < 1.29 is 13.9 Å². The van der Waals surface area contributed by atoms with Gasteiger partial charge in [0.2, 0.25) is 5.91 Å². The van der Waals surface area contributed by atoms with Crippen LogP contribution in [0.1, 0.15) is 52.5 Å². The molecule has 0 bridgehead atoms. The maximum Gasteiger partial charge on any atom is 0.225 e. The number of hydrogen-bond donors (Lipinski definition) is 1. The van der Waals surface area contributed by atoms with E-state index in [1.54, 1.807) is 6.07 Å². The van der Waals surface area contributed by atoms with Crippen molar-refractivity contribution in [3.8, 4) is 5.75 Å². The summed E-state index contributed by atoms with van der Waals surface area (Å²) in [6.07, 6.45) is 3.13. The van der Waals surface area contributed by atoms with Gasteiger partial charge >= 0.3 is 0 Å². The minimum Gasteiger partial charge on any atom is -0.493 e. The largest absolute Gasteiger partial charge is 0.493 e. The molecule has 1 heterocycles. The molecule has 2 rings (SSSR count). The second-order valence-electron chi connectivity index (χ2n) is 8.10. The standard InChI is InChI=1S/C22H35FN2O2/c1-5-17(6-2)12-24-22(26)19-14-25(15-19)13-18-7-8-20(11-21(18)23)27-10-9-16(3)4/h7-8,11,16-17,19H,5-6,9-10,12-15H2,1-4H3,(H,24,26). The number of benzene rings is 1. The first-order chi connectivity index (χ1) is 12.9. The van der Waals surface area contributed by atoms with Crippen molar-refractivity contribution in [1.82, 2.24) is 10.2 Å². The first kappa shape index (κ1) is 21.7. The predicted octanol–water partition coefficient (Wildman–Crippen LogP) is 4.23. The van der Waals surface area contributed by atoms with Crippen LogP contribution in [0.15, 0.2) is 18.2 Å². The number of halogens is 1. The van der Waals surface area contributed by atoms with Gasteiger partial charge in [0.15, 0.2) is 0 Å². The Kier molecular flexibility index (Phi) is 8.55. The maximum absolute atomic E-state index is 14.3. The number of rotatable bonds is 11. The molecule has 0 aromatic heterocycles. The van der Waals surface area contributed by atoms with Crippen LogP contribution in [0.25, 0.3) is 0 Å². The third kappa shape index (κ3) is 6.80. The molecule has 4 nitrogen and oxygen atoms in total. The number of nitrogens with one attached hydrogen (secondary N) is 1. The van der Waals surface area contributed by atoms with Crippen molar-refractivity contribution >= 4 is 5.91 Å². The molecule has 1 aliphatic heterocycles. The summed E-state index contributed by atoms with van der Waals surface area (Å²) in [4.78, 5) is 14.3. The summed E-state index contributed by atoms with van der Waals surface area (Å²) in [5.41, 5.74) is 0.655. The van der Waals surface area contributed by atoms with Gasteiger partial charge in [-0.2, -0.15) is 0 Å². The Balaban J connectivity index is 1.73. The Morgan fingerprint density at radius 1 is 1.30 bits per heavy atom. The molecule has 1 amide bonds. The number of amides is 1. The van der Waals surface area contributed by atoms with Gasteiger partial charge in [0, 0.05) is 37.8 Å². The Morgan fingerprint density at radius 3 is 2.59 bits per heavy atom. The summed E-state index contributed by atoms with van der Waals surface area (Å²) in [5.74, 6) is 1.63. The monoisotopic (exact) mass is 378 g/mol. The van der Waals surface area contributed by atoms with E-state index in [0.29, 0.717) is 49.4 Å². The summed E-state index contributed by atoms with van der Waals surface area (Å²) < 4.78 is 19.9. The quantitative estimate of drug-likeness (QED) is 0.626. The molecule has 0 atom stereocenters. The van der Waals surface area contributed by atoms with Crippen molar-refractivity contribution in [3.63, 3.8) is 0 Å². The zero-order chi connectivity index (χ0) is 19.8. The van der Waals surface area contributed by atoms with E-state index >= 15 is 0 Å². The number of carbonyl (C=O) groups is 1. The van der Waals surface area contributed by atoms with E-state index in [0.717, 1.165) is 25.8 Å². The van der Waals surface area contributed by atoms with Crippen LogP contribution in [0.5, 0.6) is 5.75 Å². The van der Waals surface area contributed by atoms with Crippen LogP contribution in [0, 0.1) is 23.6 Å². The van der Waals surface area contributed by atoms with Gasteiger partial charge in [0.05, 0.1) is 12.5 Å². The molecule has 1 fully saturated rings. The fourth-order valence-electron chi connectivity index (χ4n) is 3.23. The molecule has 0 saturated carbocycles. The number of hydrogen-bond acceptors (Lipinski definition) is 3. The van der Waals surface area contributed by atoms with Crippen LogP contribution in [0.4, 0.5) is 4.39 Å². The van der Waals surface area contributed by atoms with Crippen LogP contribution in [0.2, 0.25) is 0 Å².